The highest BCUT2D eigenvalue weighted by Gasteiger charge is 2.07. The summed E-state index contributed by atoms with van der Waals surface area (Å²) in [4.78, 5) is 15.7. The van der Waals surface area contributed by atoms with E-state index < -0.39 is 0 Å². The topological polar surface area (TPSA) is 66.5 Å². The van der Waals surface area contributed by atoms with Crippen LogP contribution in [0.15, 0.2) is 41.5 Å². The fourth-order valence-electron chi connectivity index (χ4n) is 1.82. The van der Waals surface area contributed by atoms with Crippen molar-refractivity contribution >= 4 is 23.0 Å². The van der Waals surface area contributed by atoms with Gasteiger partial charge in [0.1, 0.15) is 0 Å². The normalized spacial score (nSPS) is 10.8. The summed E-state index contributed by atoms with van der Waals surface area (Å²) in [6, 6.07) is 7.57. The van der Waals surface area contributed by atoms with Gasteiger partial charge >= 0.3 is 5.69 Å². The number of hydrogen-bond acceptors (Lipinski definition) is 3. The number of H-pyrrole nitrogens is 2. The van der Waals surface area contributed by atoms with E-state index in [1.165, 1.54) is 4.57 Å². The summed E-state index contributed by atoms with van der Waals surface area (Å²) in [5.41, 5.74) is 0.439. The van der Waals surface area contributed by atoms with Crippen molar-refractivity contribution < 1.29 is 0 Å². The van der Waals surface area contributed by atoms with E-state index in [2.05, 4.69) is 15.2 Å². The third kappa shape index (κ3) is 1.50. The van der Waals surface area contributed by atoms with Crippen LogP contribution in [0.1, 0.15) is 0 Å². The zero-order chi connectivity index (χ0) is 11.8. The predicted octanol–water partition coefficient (Wildman–Crippen LogP) is 1.77. The van der Waals surface area contributed by atoms with E-state index in [1.54, 1.807) is 12.4 Å². The maximum atomic E-state index is 11.7. The molecule has 17 heavy (non-hydrogen) atoms. The van der Waals surface area contributed by atoms with E-state index in [9.17, 15) is 4.79 Å². The molecule has 2 N–H and O–H groups in total. The number of benzene rings is 1. The molecule has 2 aromatic heterocycles. The molecule has 0 aliphatic rings. The molecule has 0 radical (unpaired) electrons. The molecule has 2 heterocycles. The second-order valence-corrected chi connectivity index (χ2v) is 3.96. The van der Waals surface area contributed by atoms with E-state index in [1.807, 2.05) is 24.3 Å². The Bertz CT molecular complexity index is 766. The molecule has 0 atom stereocenters. The van der Waals surface area contributed by atoms with Crippen LogP contribution in [0.4, 0.5) is 0 Å². The molecule has 0 spiro atoms. The first kappa shape index (κ1) is 9.98. The Morgan fingerprint density at radius 2 is 2.12 bits per heavy atom. The Kier molecular flexibility index (Phi) is 2.15. The van der Waals surface area contributed by atoms with Crippen LogP contribution in [0.2, 0.25) is 0 Å². The lowest BCUT2D eigenvalue weighted by molar-refractivity contribution is 0.983. The highest BCUT2D eigenvalue weighted by molar-refractivity contribution is 7.71. The summed E-state index contributed by atoms with van der Waals surface area (Å²) in [7, 11) is 0. The third-order valence-electron chi connectivity index (χ3n) is 2.58. The minimum Gasteiger partial charge on any atom is -0.272 e. The fraction of sp³-hybridized carbons (Fsp3) is 0. The third-order valence-corrected chi connectivity index (χ3v) is 2.87. The summed E-state index contributed by atoms with van der Waals surface area (Å²) < 4.78 is 1.76. The van der Waals surface area contributed by atoms with Crippen LogP contribution in [-0.4, -0.2) is 19.7 Å². The van der Waals surface area contributed by atoms with E-state index in [4.69, 9.17) is 12.2 Å². The Morgan fingerprint density at radius 1 is 1.24 bits per heavy atom. The van der Waals surface area contributed by atoms with Crippen molar-refractivity contribution in [2.75, 3.05) is 0 Å². The average Bonchev–Trinajstić information content (AvgIpc) is 2.69. The molecule has 6 heteroatoms. The van der Waals surface area contributed by atoms with Crippen LogP contribution in [0.5, 0.6) is 0 Å². The number of nitrogens with one attached hydrogen (secondary N) is 2. The molecular formula is C11H8N4OS. The number of nitrogens with zero attached hydrogens (tertiary/aromatic N) is 2. The number of pyridine rings is 1. The molecule has 0 unspecified atom stereocenters. The number of aromatic amines is 2. The lowest BCUT2D eigenvalue weighted by Gasteiger charge is -2.04. The van der Waals surface area contributed by atoms with Crippen molar-refractivity contribution in [1.82, 2.24) is 19.7 Å². The zero-order valence-corrected chi connectivity index (χ0v) is 9.49. The minimum absolute atomic E-state index is 0.286. The molecule has 0 amide bonds. The molecule has 0 aliphatic heterocycles. The fourth-order valence-corrected chi connectivity index (χ4v) is 2.05. The molecule has 0 saturated carbocycles. The summed E-state index contributed by atoms with van der Waals surface area (Å²) >= 11 is 5.07. The van der Waals surface area contributed by atoms with Gasteiger partial charge < -0.3 is 0 Å². The summed E-state index contributed by atoms with van der Waals surface area (Å²) in [5.74, 6) is 0. The van der Waals surface area contributed by atoms with Crippen molar-refractivity contribution in [3.8, 4) is 5.69 Å². The van der Waals surface area contributed by atoms with E-state index in [0.29, 0.717) is 4.77 Å². The van der Waals surface area contributed by atoms with Crippen molar-refractivity contribution in [3.63, 3.8) is 0 Å². The van der Waals surface area contributed by atoms with E-state index in [-0.39, 0.29) is 5.69 Å². The molecule has 0 saturated heterocycles. The van der Waals surface area contributed by atoms with Crippen molar-refractivity contribution in [3.05, 3.63) is 51.9 Å². The second-order valence-electron chi connectivity index (χ2n) is 3.57. The molecule has 0 bridgehead atoms. The average molecular weight is 244 g/mol. The van der Waals surface area contributed by atoms with Gasteiger partial charge in [-0.2, -0.15) is 0 Å². The summed E-state index contributed by atoms with van der Waals surface area (Å²) in [5, 5.41) is 6.98. The predicted molar refractivity (Wildman–Crippen MR) is 66.9 cm³/mol. The lowest BCUT2D eigenvalue weighted by atomic mass is 10.1. The zero-order valence-electron chi connectivity index (χ0n) is 8.68. The van der Waals surface area contributed by atoms with Crippen LogP contribution in [0.25, 0.3) is 16.5 Å². The Morgan fingerprint density at radius 3 is 2.88 bits per heavy atom. The Labute approximate surface area is 101 Å². The molecule has 5 nitrogen and oxygen atoms in total. The van der Waals surface area contributed by atoms with Gasteiger partial charge in [-0.1, -0.05) is 12.1 Å². The Balaban J connectivity index is 2.47. The van der Waals surface area contributed by atoms with Gasteiger partial charge in [-0.3, -0.25) is 10.1 Å². The van der Waals surface area contributed by atoms with E-state index in [0.717, 1.165) is 16.5 Å². The van der Waals surface area contributed by atoms with Gasteiger partial charge in [-0.25, -0.2) is 14.5 Å². The molecule has 0 aliphatic carbocycles. The first-order valence-corrected chi connectivity index (χ1v) is 5.41. The van der Waals surface area contributed by atoms with Gasteiger partial charge in [0.15, 0.2) is 0 Å². The van der Waals surface area contributed by atoms with E-state index >= 15 is 0 Å². The van der Waals surface area contributed by atoms with Gasteiger partial charge in [0.2, 0.25) is 4.77 Å². The monoisotopic (exact) mass is 244 g/mol. The largest absolute Gasteiger partial charge is 0.347 e. The number of hydrogen-bond donors (Lipinski definition) is 2. The Hall–Kier alpha value is -2.21. The first-order chi connectivity index (χ1) is 8.27. The standard InChI is InChI=1S/C11H8N4OS/c16-10-13-14-11(17)15(10)9-3-1-2-7-4-5-12-6-8(7)9/h1-6H,(H,13,16)(H,14,17). The van der Waals surface area contributed by atoms with Crippen molar-refractivity contribution in [2.45, 2.75) is 0 Å². The smallest absolute Gasteiger partial charge is 0.272 e. The SMILES string of the molecule is O=c1[nH][nH]c(=S)n1-c1cccc2ccncc12. The number of aromatic nitrogens is 4. The molecular weight excluding hydrogens is 236 g/mol. The van der Waals surface area contributed by atoms with Gasteiger partial charge in [-0.15, -0.1) is 0 Å². The maximum Gasteiger partial charge on any atom is 0.347 e. The van der Waals surface area contributed by atoms with Crippen LogP contribution >= 0.6 is 12.2 Å². The first-order valence-electron chi connectivity index (χ1n) is 5.00. The van der Waals surface area contributed by atoms with Gasteiger partial charge in [0, 0.05) is 17.8 Å². The minimum atomic E-state index is -0.286. The maximum absolute atomic E-state index is 11.7. The van der Waals surface area contributed by atoms with Crippen LogP contribution in [0, 0.1) is 4.77 Å². The van der Waals surface area contributed by atoms with Gasteiger partial charge in [0.05, 0.1) is 5.69 Å². The highest BCUT2D eigenvalue weighted by atomic mass is 32.1. The molecule has 3 aromatic rings. The van der Waals surface area contributed by atoms with Gasteiger partial charge in [-0.05, 0) is 29.7 Å². The van der Waals surface area contributed by atoms with Crippen molar-refractivity contribution in [2.24, 2.45) is 0 Å². The van der Waals surface area contributed by atoms with Crippen LogP contribution in [0.3, 0.4) is 0 Å². The van der Waals surface area contributed by atoms with Crippen LogP contribution in [-0.2, 0) is 0 Å². The number of fused-ring (bicyclic) bond motifs is 1. The second kappa shape index (κ2) is 3.67. The molecule has 3 rings (SSSR count). The molecule has 1 aromatic carbocycles. The molecule has 84 valence electrons. The van der Waals surface area contributed by atoms with Gasteiger partial charge in [0.25, 0.3) is 0 Å². The summed E-state index contributed by atoms with van der Waals surface area (Å²) in [6.07, 6.45) is 3.44. The summed E-state index contributed by atoms with van der Waals surface area (Å²) in [6.45, 7) is 0. The molecule has 0 fully saturated rings. The highest BCUT2D eigenvalue weighted by Crippen LogP contribution is 2.19. The quantitative estimate of drug-likeness (QED) is 0.641. The van der Waals surface area contributed by atoms with Crippen LogP contribution < -0.4 is 5.69 Å². The lowest BCUT2D eigenvalue weighted by Crippen LogP contribution is -2.15. The number of rotatable bonds is 1. The van der Waals surface area contributed by atoms with Crippen molar-refractivity contribution in [1.29, 1.82) is 0 Å².